The molecule has 0 aliphatic carbocycles. The molecule has 5 heteroatoms. The second-order valence-corrected chi connectivity index (χ2v) is 6.43. The molecule has 3 aromatic carbocycles. The largest absolute Gasteiger partial charge is 0.326 e. The highest BCUT2D eigenvalue weighted by Gasteiger charge is 2.09. The smallest absolute Gasteiger partial charge is 0.255 e. The Hall–Kier alpha value is -3.73. The molecular formula is C23H20N2O3. The molecule has 2 N–H and O–H groups in total. The molecule has 0 spiro atoms. The van der Waals surface area contributed by atoms with Crippen molar-refractivity contribution in [3.05, 3.63) is 83.9 Å². The lowest BCUT2D eigenvalue weighted by molar-refractivity contribution is -0.114. The molecule has 2 amide bonds. The van der Waals surface area contributed by atoms with Crippen LogP contribution in [0.15, 0.2) is 72.8 Å². The molecule has 3 aromatic rings. The topological polar surface area (TPSA) is 75.3 Å². The van der Waals surface area contributed by atoms with Crippen molar-refractivity contribution in [1.82, 2.24) is 0 Å². The van der Waals surface area contributed by atoms with Crippen molar-refractivity contribution in [2.24, 2.45) is 0 Å². The highest BCUT2D eigenvalue weighted by Crippen LogP contribution is 2.23. The van der Waals surface area contributed by atoms with Gasteiger partial charge in [-0.3, -0.25) is 14.4 Å². The lowest BCUT2D eigenvalue weighted by Gasteiger charge is -2.09. The lowest BCUT2D eigenvalue weighted by atomic mass is 10.00. The maximum atomic E-state index is 12.6. The van der Waals surface area contributed by atoms with Gasteiger partial charge in [0.2, 0.25) is 5.91 Å². The number of nitrogens with one attached hydrogen (secondary N) is 2. The van der Waals surface area contributed by atoms with Crippen molar-refractivity contribution in [3.63, 3.8) is 0 Å². The molecule has 140 valence electrons. The molecule has 0 unspecified atom stereocenters. The normalized spacial score (nSPS) is 10.2. The summed E-state index contributed by atoms with van der Waals surface area (Å²) >= 11 is 0. The van der Waals surface area contributed by atoms with Gasteiger partial charge in [0.05, 0.1) is 0 Å². The molecule has 3 rings (SSSR count). The molecule has 0 bridgehead atoms. The van der Waals surface area contributed by atoms with E-state index in [1.54, 1.807) is 42.5 Å². The van der Waals surface area contributed by atoms with E-state index >= 15 is 0 Å². The van der Waals surface area contributed by atoms with E-state index in [0.717, 1.165) is 11.1 Å². The number of carbonyl (C=O) groups is 3. The van der Waals surface area contributed by atoms with Crippen molar-refractivity contribution >= 4 is 29.0 Å². The van der Waals surface area contributed by atoms with Gasteiger partial charge in [-0.2, -0.15) is 0 Å². The van der Waals surface area contributed by atoms with Crippen LogP contribution in [0.1, 0.15) is 34.6 Å². The summed E-state index contributed by atoms with van der Waals surface area (Å²) in [4.78, 5) is 35.3. The van der Waals surface area contributed by atoms with E-state index in [1.807, 2.05) is 30.3 Å². The fourth-order valence-electron chi connectivity index (χ4n) is 2.80. The van der Waals surface area contributed by atoms with E-state index in [9.17, 15) is 14.4 Å². The second-order valence-electron chi connectivity index (χ2n) is 6.43. The fraction of sp³-hybridized carbons (Fsp3) is 0.0870. The van der Waals surface area contributed by atoms with Gasteiger partial charge in [0.15, 0.2) is 5.78 Å². The maximum absolute atomic E-state index is 12.6. The van der Waals surface area contributed by atoms with Gasteiger partial charge in [-0.15, -0.1) is 0 Å². The van der Waals surface area contributed by atoms with E-state index in [-0.39, 0.29) is 17.6 Å². The van der Waals surface area contributed by atoms with Crippen LogP contribution in [-0.2, 0) is 4.79 Å². The summed E-state index contributed by atoms with van der Waals surface area (Å²) in [5.74, 6) is -0.391. The SMILES string of the molecule is CC(=O)Nc1ccc(NC(=O)c2cccc(-c3cccc(C(C)=O)c3)c2)cc1. The standard InChI is InChI=1S/C23H20N2O3/c1-15(26)17-5-3-6-18(13-17)19-7-4-8-20(14-19)23(28)25-22-11-9-21(10-12-22)24-16(2)27/h3-14H,1-2H3,(H,24,27)(H,25,28). The molecule has 0 fully saturated rings. The number of benzene rings is 3. The summed E-state index contributed by atoms with van der Waals surface area (Å²) < 4.78 is 0. The van der Waals surface area contributed by atoms with Crippen LogP contribution >= 0.6 is 0 Å². The zero-order valence-corrected chi connectivity index (χ0v) is 15.7. The predicted octanol–water partition coefficient (Wildman–Crippen LogP) is 4.77. The monoisotopic (exact) mass is 372 g/mol. The van der Waals surface area contributed by atoms with Crippen LogP contribution in [0.2, 0.25) is 0 Å². The summed E-state index contributed by atoms with van der Waals surface area (Å²) in [7, 11) is 0. The third kappa shape index (κ3) is 4.71. The van der Waals surface area contributed by atoms with Gasteiger partial charge in [0.25, 0.3) is 5.91 Å². The minimum absolute atomic E-state index is 0.00143. The first-order valence-corrected chi connectivity index (χ1v) is 8.83. The Morgan fingerprint density at radius 2 is 1.14 bits per heavy atom. The zero-order valence-electron chi connectivity index (χ0n) is 15.7. The summed E-state index contributed by atoms with van der Waals surface area (Å²) in [5.41, 5.74) is 4.17. The number of rotatable bonds is 5. The first kappa shape index (κ1) is 19.0. The Labute approximate surface area is 163 Å². The van der Waals surface area contributed by atoms with Crippen LogP contribution in [0.3, 0.4) is 0 Å². The highest BCUT2D eigenvalue weighted by molar-refractivity contribution is 6.05. The highest BCUT2D eigenvalue weighted by atomic mass is 16.2. The van der Waals surface area contributed by atoms with E-state index in [2.05, 4.69) is 10.6 Å². The number of amides is 2. The average molecular weight is 372 g/mol. The van der Waals surface area contributed by atoms with Crippen molar-refractivity contribution in [3.8, 4) is 11.1 Å². The number of Topliss-reactive ketones (excluding diaryl/α,β-unsaturated/α-hetero) is 1. The van der Waals surface area contributed by atoms with Crippen molar-refractivity contribution < 1.29 is 14.4 Å². The van der Waals surface area contributed by atoms with Crippen LogP contribution in [-0.4, -0.2) is 17.6 Å². The molecule has 0 saturated carbocycles. The van der Waals surface area contributed by atoms with Crippen molar-refractivity contribution in [2.75, 3.05) is 10.6 Å². The molecule has 0 aliphatic rings. The van der Waals surface area contributed by atoms with Gasteiger partial charge in [-0.25, -0.2) is 0 Å². The molecule has 0 aliphatic heterocycles. The molecule has 0 atom stereocenters. The van der Waals surface area contributed by atoms with Crippen LogP contribution in [0.4, 0.5) is 11.4 Å². The number of ketones is 1. The van der Waals surface area contributed by atoms with E-state index in [1.165, 1.54) is 13.8 Å². The molecule has 0 saturated heterocycles. The fourth-order valence-corrected chi connectivity index (χ4v) is 2.80. The van der Waals surface area contributed by atoms with Gasteiger partial charge in [0.1, 0.15) is 0 Å². The number of hydrogen-bond donors (Lipinski definition) is 2. The van der Waals surface area contributed by atoms with Crippen molar-refractivity contribution in [2.45, 2.75) is 13.8 Å². The van der Waals surface area contributed by atoms with Gasteiger partial charge in [-0.05, 0) is 60.5 Å². The van der Waals surface area contributed by atoms with E-state index in [0.29, 0.717) is 22.5 Å². The first-order valence-electron chi connectivity index (χ1n) is 8.83. The van der Waals surface area contributed by atoms with Gasteiger partial charge >= 0.3 is 0 Å². The lowest BCUT2D eigenvalue weighted by Crippen LogP contribution is -2.12. The Balaban J connectivity index is 1.78. The van der Waals surface area contributed by atoms with E-state index < -0.39 is 0 Å². The number of anilines is 2. The van der Waals surface area contributed by atoms with Crippen LogP contribution in [0.25, 0.3) is 11.1 Å². The predicted molar refractivity (Wildman–Crippen MR) is 111 cm³/mol. The molecule has 0 radical (unpaired) electrons. The van der Waals surface area contributed by atoms with Crippen LogP contribution in [0, 0.1) is 0 Å². The minimum Gasteiger partial charge on any atom is -0.326 e. The van der Waals surface area contributed by atoms with Gasteiger partial charge in [-0.1, -0.05) is 30.3 Å². The van der Waals surface area contributed by atoms with Gasteiger partial charge < -0.3 is 10.6 Å². The molecule has 28 heavy (non-hydrogen) atoms. The van der Waals surface area contributed by atoms with Crippen LogP contribution < -0.4 is 10.6 Å². The second kappa shape index (κ2) is 8.31. The van der Waals surface area contributed by atoms with Crippen LogP contribution in [0.5, 0.6) is 0 Å². The molecule has 5 nitrogen and oxygen atoms in total. The molecular weight excluding hydrogens is 352 g/mol. The van der Waals surface area contributed by atoms with E-state index in [4.69, 9.17) is 0 Å². The Morgan fingerprint density at radius 1 is 0.643 bits per heavy atom. The Morgan fingerprint density at radius 3 is 1.68 bits per heavy atom. The molecule has 0 aromatic heterocycles. The van der Waals surface area contributed by atoms with Crippen molar-refractivity contribution in [1.29, 1.82) is 0 Å². The Kier molecular flexibility index (Phi) is 5.65. The maximum Gasteiger partial charge on any atom is 0.255 e. The van der Waals surface area contributed by atoms with Gasteiger partial charge in [0, 0.05) is 29.4 Å². The third-order valence-corrected chi connectivity index (χ3v) is 4.19. The summed E-state index contributed by atoms with van der Waals surface area (Å²) in [6.45, 7) is 2.97. The number of carbonyl (C=O) groups excluding carboxylic acids is 3. The average Bonchev–Trinajstić information content (AvgIpc) is 2.69. The molecule has 0 heterocycles. The quantitative estimate of drug-likeness (QED) is 0.634. The summed E-state index contributed by atoms with van der Waals surface area (Å²) in [6.07, 6.45) is 0. The zero-order chi connectivity index (χ0) is 20.1. The Bertz CT molecular complexity index is 1040. The first-order chi connectivity index (χ1) is 13.4. The minimum atomic E-state index is -0.239. The summed E-state index contributed by atoms with van der Waals surface area (Å²) in [6, 6.07) is 21.5. The third-order valence-electron chi connectivity index (χ3n) is 4.19. The summed E-state index contributed by atoms with van der Waals surface area (Å²) in [5, 5.41) is 5.52. The number of hydrogen-bond acceptors (Lipinski definition) is 3.